The molecule has 2 aromatic carbocycles. The number of benzene rings is 2. The van der Waals surface area contributed by atoms with Gasteiger partial charge in [-0.3, -0.25) is 19.7 Å². The average Bonchev–Trinajstić information content (AvgIpc) is 2.87. The fourth-order valence-corrected chi connectivity index (χ4v) is 3.43. The number of carbonyl (C=O) groups is 2. The second kappa shape index (κ2) is 6.64. The molecule has 2 aromatic rings. The van der Waals surface area contributed by atoms with Crippen molar-refractivity contribution < 1.29 is 14.5 Å². The van der Waals surface area contributed by atoms with Crippen molar-refractivity contribution in [1.82, 2.24) is 0 Å². The molecule has 0 bridgehead atoms. The Morgan fingerprint density at radius 1 is 1.24 bits per heavy atom. The van der Waals surface area contributed by atoms with Gasteiger partial charge in [-0.25, -0.2) is 0 Å². The van der Waals surface area contributed by atoms with Gasteiger partial charge in [-0.2, -0.15) is 0 Å². The van der Waals surface area contributed by atoms with Crippen molar-refractivity contribution in [3.8, 4) is 0 Å². The topological polar surface area (TPSA) is 80.5 Å². The highest BCUT2D eigenvalue weighted by Crippen LogP contribution is 2.39. The molecule has 0 aliphatic carbocycles. The van der Waals surface area contributed by atoms with Gasteiger partial charge in [0.15, 0.2) is 5.78 Å². The fourth-order valence-electron chi connectivity index (χ4n) is 3.30. The lowest BCUT2D eigenvalue weighted by atomic mass is 9.88. The summed E-state index contributed by atoms with van der Waals surface area (Å²) < 4.78 is 0. The van der Waals surface area contributed by atoms with Crippen LogP contribution < -0.4 is 4.90 Å². The monoisotopic (exact) mass is 358 g/mol. The van der Waals surface area contributed by atoms with E-state index in [1.165, 1.54) is 11.8 Å². The summed E-state index contributed by atoms with van der Waals surface area (Å²) in [5.41, 5.74) is 1.50. The Hall–Kier alpha value is -2.73. The summed E-state index contributed by atoms with van der Waals surface area (Å²) in [5.74, 6) is -1.38. The van der Waals surface area contributed by atoms with Crippen molar-refractivity contribution in [3.05, 3.63) is 74.8 Å². The molecule has 6 nitrogen and oxygen atoms in total. The van der Waals surface area contributed by atoms with E-state index in [1.54, 1.807) is 48.5 Å². The Morgan fingerprint density at radius 3 is 2.48 bits per heavy atom. The third kappa shape index (κ3) is 3.13. The van der Waals surface area contributed by atoms with Gasteiger partial charge in [0.1, 0.15) is 6.04 Å². The summed E-state index contributed by atoms with van der Waals surface area (Å²) in [7, 11) is 0. The van der Waals surface area contributed by atoms with E-state index in [2.05, 4.69) is 0 Å². The summed E-state index contributed by atoms with van der Waals surface area (Å²) in [6.07, 6.45) is 0. The van der Waals surface area contributed by atoms with Crippen molar-refractivity contribution in [2.75, 3.05) is 11.4 Å². The van der Waals surface area contributed by atoms with Crippen LogP contribution in [0.1, 0.15) is 28.8 Å². The van der Waals surface area contributed by atoms with Crippen molar-refractivity contribution >= 4 is 29.0 Å². The van der Waals surface area contributed by atoms with Gasteiger partial charge in [0.25, 0.3) is 0 Å². The minimum absolute atomic E-state index is 0.285. The number of ketones is 1. The van der Waals surface area contributed by atoms with Gasteiger partial charge >= 0.3 is 0 Å². The second-order valence-electron chi connectivity index (χ2n) is 5.89. The van der Waals surface area contributed by atoms with Crippen molar-refractivity contribution in [3.63, 3.8) is 0 Å². The Bertz CT molecular complexity index is 850. The molecule has 0 saturated heterocycles. The summed E-state index contributed by atoms with van der Waals surface area (Å²) >= 11 is 5.90. The largest absolute Gasteiger partial charge is 0.300 e. The molecule has 1 aliphatic rings. The SMILES string of the molecule is CC(=O)N1c2ccccc2C(=O)[C@@H]1[C@H](C[N+](=O)[O-])c1ccc(Cl)cc1. The first-order valence-corrected chi connectivity index (χ1v) is 8.08. The number of fused-ring (bicyclic) bond motifs is 1. The molecular weight excluding hydrogens is 344 g/mol. The first-order chi connectivity index (χ1) is 11.9. The third-order valence-corrected chi connectivity index (χ3v) is 4.59. The number of rotatable bonds is 4. The normalized spacial score (nSPS) is 17.3. The van der Waals surface area contributed by atoms with E-state index in [1.807, 2.05) is 0 Å². The first-order valence-electron chi connectivity index (χ1n) is 7.70. The predicted octanol–water partition coefficient (Wildman–Crippen LogP) is 3.32. The van der Waals surface area contributed by atoms with Crippen LogP contribution in [0.2, 0.25) is 5.02 Å². The summed E-state index contributed by atoms with van der Waals surface area (Å²) in [5, 5.41) is 11.7. The van der Waals surface area contributed by atoms with E-state index < -0.39 is 23.4 Å². The summed E-state index contributed by atoms with van der Waals surface area (Å²) in [4.78, 5) is 37.3. The van der Waals surface area contributed by atoms with Crippen LogP contribution >= 0.6 is 11.6 Å². The van der Waals surface area contributed by atoms with Gasteiger partial charge in [-0.15, -0.1) is 0 Å². The molecule has 3 rings (SSSR count). The molecule has 0 spiro atoms. The lowest BCUT2D eigenvalue weighted by Crippen LogP contribution is -2.45. The van der Waals surface area contributed by atoms with Crippen LogP contribution in [0, 0.1) is 10.1 Å². The second-order valence-corrected chi connectivity index (χ2v) is 6.33. The average molecular weight is 359 g/mol. The zero-order valence-corrected chi connectivity index (χ0v) is 14.1. The first kappa shape index (κ1) is 17.1. The van der Waals surface area contributed by atoms with E-state index in [-0.39, 0.29) is 11.7 Å². The van der Waals surface area contributed by atoms with Gasteiger partial charge in [0.2, 0.25) is 12.5 Å². The minimum atomic E-state index is -0.943. The van der Waals surface area contributed by atoms with E-state index >= 15 is 0 Å². The molecule has 0 aromatic heterocycles. The molecule has 1 amide bonds. The Kier molecular flexibility index (Phi) is 4.55. The lowest BCUT2D eigenvalue weighted by molar-refractivity contribution is -0.483. The maximum absolute atomic E-state index is 12.9. The maximum atomic E-state index is 12.9. The summed E-state index contributed by atoms with van der Waals surface area (Å²) in [6, 6.07) is 12.4. The van der Waals surface area contributed by atoms with Crippen LogP contribution in [0.15, 0.2) is 48.5 Å². The number of Topliss-reactive ketones (excluding diaryl/α,β-unsaturated/α-hetero) is 1. The van der Waals surface area contributed by atoms with Gasteiger partial charge in [0, 0.05) is 22.4 Å². The van der Waals surface area contributed by atoms with Gasteiger partial charge in [-0.05, 0) is 29.8 Å². The molecule has 7 heteroatoms. The number of hydrogen-bond acceptors (Lipinski definition) is 4. The maximum Gasteiger partial charge on any atom is 0.224 e. The van der Waals surface area contributed by atoms with E-state index in [9.17, 15) is 19.7 Å². The van der Waals surface area contributed by atoms with Crippen LogP contribution in [0.25, 0.3) is 0 Å². The molecular formula is C18H15ClN2O4. The molecule has 25 heavy (non-hydrogen) atoms. The summed E-state index contributed by atoms with van der Waals surface area (Å²) in [6.45, 7) is 0.892. The predicted molar refractivity (Wildman–Crippen MR) is 93.8 cm³/mol. The Labute approximate surface area is 149 Å². The third-order valence-electron chi connectivity index (χ3n) is 4.34. The molecule has 0 radical (unpaired) electrons. The van der Waals surface area contributed by atoms with Gasteiger partial charge in [-0.1, -0.05) is 35.9 Å². The van der Waals surface area contributed by atoms with Gasteiger partial charge in [0.05, 0.1) is 11.6 Å². The number of halogens is 1. The standard InChI is InChI=1S/C18H15ClN2O4/c1-11(22)21-16-5-3-2-4-14(16)18(23)17(21)15(10-20(24)25)12-6-8-13(19)9-7-12/h2-9,15,17H,10H2,1H3/t15-,17+/m1/s1. The molecule has 1 heterocycles. The van der Waals surface area contributed by atoms with Crippen LogP contribution in [-0.2, 0) is 4.79 Å². The smallest absolute Gasteiger partial charge is 0.224 e. The molecule has 0 N–H and O–H groups in total. The van der Waals surface area contributed by atoms with E-state index in [0.29, 0.717) is 21.8 Å². The number of carbonyl (C=O) groups excluding carboxylic acids is 2. The van der Waals surface area contributed by atoms with Crippen molar-refractivity contribution in [2.24, 2.45) is 0 Å². The van der Waals surface area contributed by atoms with E-state index in [4.69, 9.17) is 11.6 Å². The van der Waals surface area contributed by atoms with Crippen molar-refractivity contribution in [1.29, 1.82) is 0 Å². The zero-order valence-electron chi connectivity index (χ0n) is 13.4. The molecule has 2 atom stereocenters. The molecule has 1 aliphatic heterocycles. The zero-order chi connectivity index (χ0) is 18.1. The highest BCUT2D eigenvalue weighted by molar-refractivity contribution is 6.30. The number of para-hydroxylation sites is 1. The number of nitro groups is 1. The quantitative estimate of drug-likeness (QED) is 0.620. The number of nitrogens with zero attached hydrogens (tertiary/aromatic N) is 2. The number of hydrogen-bond donors (Lipinski definition) is 0. The number of amides is 1. The minimum Gasteiger partial charge on any atom is -0.300 e. The lowest BCUT2D eigenvalue weighted by Gasteiger charge is -2.28. The highest BCUT2D eigenvalue weighted by Gasteiger charge is 2.46. The van der Waals surface area contributed by atoms with Crippen molar-refractivity contribution in [2.45, 2.75) is 18.9 Å². The van der Waals surface area contributed by atoms with Crippen LogP contribution in [0.4, 0.5) is 5.69 Å². The highest BCUT2D eigenvalue weighted by atomic mass is 35.5. The molecule has 0 unspecified atom stereocenters. The number of anilines is 1. The van der Waals surface area contributed by atoms with Crippen LogP contribution in [-0.4, -0.2) is 29.2 Å². The Balaban J connectivity index is 2.11. The molecule has 0 saturated carbocycles. The van der Waals surface area contributed by atoms with Gasteiger partial charge < -0.3 is 4.90 Å². The fraction of sp³-hybridized carbons (Fsp3) is 0.222. The van der Waals surface area contributed by atoms with Crippen LogP contribution in [0.3, 0.4) is 0 Å². The molecule has 0 fully saturated rings. The Morgan fingerprint density at radius 2 is 1.88 bits per heavy atom. The van der Waals surface area contributed by atoms with E-state index in [0.717, 1.165) is 0 Å². The molecule has 128 valence electrons. The van der Waals surface area contributed by atoms with Crippen LogP contribution in [0.5, 0.6) is 0 Å².